The van der Waals surface area contributed by atoms with Crippen LogP contribution in [0.15, 0.2) is 35.2 Å². The molecule has 1 aliphatic rings. The maximum Gasteiger partial charge on any atom is 0.314 e. The minimum absolute atomic E-state index is 0.0133. The second kappa shape index (κ2) is 9.90. The van der Waals surface area contributed by atoms with Crippen LogP contribution >= 0.6 is 11.8 Å². The minimum Gasteiger partial charge on any atom is -0.466 e. The SMILES string of the molecule is CCOC(=O)[C@@H]1CCC[NH+](CCCCSc2ccccc2)C1. The van der Waals surface area contributed by atoms with Gasteiger partial charge in [-0.1, -0.05) is 18.2 Å². The van der Waals surface area contributed by atoms with E-state index in [9.17, 15) is 4.79 Å². The van der Waals surface area contributed by atoms with Gasteiger partial charge in [0, 0.05) is 4.90 Å². The van der Waals surface area contributed by atoms with Gasteiger partial charge in [-0.2, -0.15) is 0 Å². The Kier molecular flexibility index (Phi) is 7.81. The molecule has 1 N–H and O–H groups in total. The average Bonchev–Trinajstić information content (AvgIpc) is 2.56. The van der Waals surface area contributed by atoms with Crippen molar-refractivity contribution in [2.75, 3.05) is 32.0 Å². The Morgan fingerprint density at radius 2 is 2.14 bits per heavy atom. The van der Waals surface area contributed by atoms with Crippen molar-refractivity contribution in [1.29, 1.82) is 0 Å². The zero-order valence-corrected chi connectivity index (χ0v) is 14.4. The Balaban J connectivity index is 1.59. The van der Waals surface area contributed by atoms with E-state index in [0.29, 0.717) is 6.61 Å². The van der Waals surface area contributed by atoms with Gasteiger partial charge in [0.05, 0.1) is 26.2 Å². The normalized spacial score (nSPS) is 21.5. The highest BCUT2D eigenvalue weighted by Crippen LogP contribution is 2.18. The number of likely N-dealkylation sites (tertiary alicyclic amines) is 1. The molecule has 0 aromatic heterocycles. The molecule has 0 amide bonds. The van der Waals surface area contributed by atoms with E-state index in [1.807, 2.05) is 18.7 Å². The molecule has 1 fully saturated rings. The molecule has 0 aliphatic carbocycles. The summed E-state index contributed by atoms with van der Waals surface area (Å²) in [5.41, 5.74) is 0. The van der Waals surface area contributed by atoms with Crippen LogP contribution in [-0.2, 0) is 9.53 Å². The van der Waals surface area contributed by atoms with Crippen LogP contribution in [0.2, 0.25) is 0 Å². The highest BCUT2D eigenvalue weighted by Gasteiger charge is 2.29. The molecule has 0 bridgehead atoms. The zero-order valence-electron chi connectivity index (χ0n) is 13.6. The molecule has 122 valence electrons. The zero-order chi connectivity index (χ0) is 15.6. The molecule has 2 atom stereocenters. The smallest absolute Gasteiger partial charge is 0.314 e. The summed E-state index contributed by atoms with van der Waals surface area (Å²) in [4.78, 5) is 14.8. The summed E-state index contributed by atoms with van der Waals surface area (Å²) < 4.78 is 5.17. The molecule has 1 saturated heterocycles. The number of unbranched alkanes of at least 4 members (excludes halogenated alkanes) is 1. The number of benzene rings is 1. The standard InChI is InChI=1S/C18H27NO2S/c1-2-21-18(20)16-9-8-13-19(15-16)12-6-7-14-22-17-10-4-3-5-11-17/h3-5,10-11,16H,2,6-9,12-15H2,1H3/p+1/t16-/m1/s1. The van der Waals surface area contributed by atoms with E-state index in [4.69, 9.17) is 4.74 Å². The summed E-state index contributed by atoms with van der Waals surface area (Å²) in [5, 5.41) is 0. The molecule has 0 spiro atoms. The lowest BCUT2D eigenvalue weighted by Gasteiger charge is -2.28. The van der Waals surface area contributed by atoms with E-state index in [1.165, 1.54) is 36.6 Å². The monoisotopic (exact) mass is 322 g/mol. The molecular weight excluding hydrogens is 294 g/mol. The van der Waals surface area contributed by atoms with Crippen molar-refractivity contribution in [1.82, 2.24) is 0 Å². The Labute approximate surface area is 138 Å². The fraction of sp³-hybridized carbons (Fsp3) is 0.611. The third-order valence-electron chi connectivity index (χ3n) is 4.17. The first-order valence-corrected chi connectivity index (χ1v) is 9.46. The van der Waals surface area contributed by atoms with Gasteiger partial charge in [-0.15, -0.1) is 11.8 Å². The van der Waals surface area contributed by atoms with Crippen molar-refractivity contribution >= 4 is 17.7 Å². The summed E-state index contributed by atoms with van der Waals surface area (Å²) >= 11 is 1.94. The van der Waals surface area contributed by atoms with Crippen LogP contribution in [0.3, 0.4) is 0 Å². The second-order valence-electron chi connectivity index (χ2n) is 5.91. The van der Waals surface area contributed by atoms with Crippen LogP contribution in [0, 0.1) is 5.92 Å². The molecule has 2 rings (SSSR count). The number of thioether (sulfide) groups is 1. The lowest BCUT2D eigenvalue weighted by molar-refractivity contribution is -0.907. The van der Waals surface area contributed by atoms with E-state index in [-0.39, 0.29) is 11.9 Å². The first-order chi connectivity index (χ1) is 10.8. The number of carbonyl (C=O) groups is 1. The molecule has 1 aromatic rings. The first-order valence-electron chi connectivity index (χ1n) is 8.47. The molecule has 1 unspecified atom stereocenters. The largest absolute Gasteiger partial charge is 0.466 e. The quantitative estimate of drug-likeness (QED) is 0.453. The van der Waals surface area contributed by atoms with Gasteiger partial charge in [0.25, 0.3) is 0 Å². The van der Waals surface area contributed by atoms with Crippen LogP contribution in [0.5, 0.6) is 0 Å². The Morgan fingerprint density at radius 1 is 1.32 bits per heavy atom. The van der Waals surface area contributed by atoms with Crippen molar-refractivity contribution < 1.29 is 14.4 Å². The van der Waals surface area contributed by atoms with E-state index in [0.717, 1.165) is 19.4 Å². The number of esters is 1. The summed E-state index contributed by atoms with van der Waals surface area (Å²) in [6.07, 6.45) is 4.64. The van der Waals surface area contributed by atoms with Crippen molar-refractivity contribution in [2.24, 2.45) is 5.92 Å². The number of hydrogen-bond donors (Lipinski definition) is 1. The number of hydrogen-bond acceptors (Lipinski definition) is 3. The van der Waals surface area contributed by atoms with Crippen molar-refractivity contribution in [3.63, 3.8) is 0 Å². The number of piperidine rings is 1. The van der Waals surface area contributed by atoms with Gasteiger partial charge in [0.15, 0.2) is 0 Å². The lowest BCUT2D eigenvalue weighted by Crippen LogP contribution is -3.13. The molecule has 4 heteroatoms. The molecule has 22 heavy (non-hydrogen) atoms. The van der Waals surface area contributed by atoms with Crippen LogP contribution in [-0.4, -0.2) is 38.0 Å². The fourth-order valence-electron chi connectivity index (χ4n) is 3.02. The van der Waals surface area contributed by atoms with E-state index in [2.05, 4.69) is 30.3 Å². The van der Waals surface area contributed by atoms with E-state index >= 15 is 0 Å². The van der Waals surface area contributed by atoms with Crippen LogP contribution in [0.1, 0.15) is 32.6 Å². The maximum atomic E-state index is 11.8. The molecule has 1 aromatic carbocycles. The molecule has 0 saturated carbocycles. The molecule has 3 nitrogen and oxygen atoms in total. The fourth-order valence-corrected chi connectivity index (χ4v) is 3.96. The van der Waals surface area contributed by atoms with Gasteiger partial charge >= 0.3 is 5.97 Å². The van der Waals surface area contributed by atoms with E-state index in [1.54, 1.807) is 4.90 Å². The molecular formula is C18H28NO2S+. The predicted molar refractivity (Wildman–Crippen MR) is 91.3 cm³/mol. The third kappa shape index (κ3) is 6.01. The average molecular weight is 322 g/mol. The summed E-state index contributed by atoms with van der Waals surface area (Å²) in [7, 11) is 0. The van der Waals surface area contributed by atoms with Gasteiger partial charge in [0.2, 0.25) is 0 Å². The van der Waals surface area contributed by atoms with Crippen molar-refractivity contribution in [3.8, 4) is 0 Å². The van der Waals surface area contributed by atoms with Gasteiger partial charge in [0.1, 0.15) is 5.92 Å². The number of carbonyl (C=O) groups excluding carboxylic acids is 1. The Bertz CT molecular complexity index is 438. The van der Waals surface area contributed by atoms with Gasteiger partial charge in [-0.25, -0.2) is 0 Å². The number of rotatable bonds is 8. The van der Waals surface area contributed by atoms with Gasteiger partial charge in [-0.3, -0.25) is 4.79 Å². The first kappa shape index (κ1) is 17.4. The molecule has 1 aliphatic heterocycles. The lowest BCUT2D eigenvalue weighted by atomic mass is 9.98. The summed E-state index contributed by atoms with van der Waals surface area (Å²) in [6.45, 7) is 5.74. The van der Waals surface area contributed by atoms with E-state index < -0.39 is 0 Å². The highest BCUT2D eigenvalue weighted by molar-refractivity contribution is 7.99. The maximum absolute atomic E-state index is 11.8. The second-order valence-corrected chi connectivity index (χ2v) is 7.08. The molecule has 0 radical (unpaired) electrons. The summed E-state index contributed by atoms with van der Waals surface area (Å²) in [6, 6.07) is 10.6. The molecule has 1 heterocycles. The highest BCUT2D eigenvalue weighted by atomic mass is 32.2. The Morgan fingerprint density at radius 3 is 2.91 bits per heavy atom. The predicted octanol–water partition coefficient (Wildman–Crippen LogP) is 2.42. The summed E-state index contributed by atoms with van der Waals surface area (Å²) in [5.74, 6) is 1.32. The Hall–Kier alpha value is -1.00. The third-order valence-corrected chi connectivity index (χ3v) is 5.27. The minimum atomic E-state index is 0.0133. The van der Waals surface area contributed by atoms with Crippen LogP contribution in [0.4, 0.5) is 0 Å². The van der Waals surface area contributed by atoms with Gasteiger partial charge < -0.3 is 9.64 Å². The topological polar surface area (TPSA) is 30.7 Å². The van der Waals surface area contributed by atoms with Crippen LogP contribution in [0.25, 0.3) is 0 Å². The van der Waals surface area contributed by atoms with Crippen molar-refractivity contribution in [2.45, 2.75) is 37.5 Å². The number of ether oxygens (including phenoxy) is 1. The van der Waals surface area contributed by atoms with Gasteiger partial charge in [-0.05, 0) is 50.5 Å². The number of nitrogens with one attached hydrogen (secondary N) is 1. The number of quaternary nitrogens is 1. The van der Waals surface area contributed by atoms with Crippen molar-refractivity contribution in [3.05, 3.63) is 30.3 Å². The van der Waals surface area contributed by atoms with Crippen LogP contribution < -0.4 is 4.90 Å².